The summed E-state index contributed by atoms with van der Waals surface area (Å²) < 4.78 is 10.9. The van der Waals surface area contributed by atoms with Crippen molar-refractivity contribution in [3.05, 3.63) is 78.5 Å². The Morgan fingerprint density at radius 2 is 1.84 bits per heavy atom. The summed E-state index contributed by atoms with van der Waals surface area (Å²) in [6.45, 7) is 2.45. The molecule has 4 rings (SSSR count). The lowest BCUT2D eigenvalue weighted by atomic mass is 10.0. The van der Waals surface area contributed by atoms with Crippen LogP contribution in [0.2, 0.25) is 0 Å². The van der Waals surface area contributed by atoms with Crippen LogP contribution in [0.3, 0.4) is 0 Å². The van der Waals surface area contributed by atoms with Gasteiger partial charge in [-0.05, 0) is 73.9 Å². The molecule has 1 N–H and O–H groups in total. The second-order valence-corrected chi connectivity index (χ2v) is 7.75. The molecule has 7 heteroatoms. The average molecular weight is 434 g/mol. The van der Waals surface area contributed by atoms with Crippen molar-refractivity contribution in [3.63, 3.8) is 0 Å². The molecule has 1 saturated carbocycles. The van der Waals surface area contributed by atoms with E-state index in [-0.39, 0.29) is 17.7 Å². The number of carbonyl (C=O) groups is 2. The fraction of sp³-hybridized carbons (Fsp3) is 0.320. The maximum atomic E-state index is 13.6. The first kappa shape index (κ1) is 21.6. The second-order valence-electron chi connectivity index (χ2n) is 7.75. The molecule has 1 aliphatic carbocycles. The van der Waals surface area contributed by atoms with Gasteiger partial charge in [-0.2, -0.15) is 0 Å². The number of pyridine rings is 1. The minimum atomic E-state index is -0.880. The number of rotatable bonds is 8. The highest BCUT2D eigenvalue weighted by atomic mass is 16.5. The maximum Gasteiger partial charge on any atom is 0.294 e. The summed E-state index contributed by atoms with van der Waals surface area (Å²) in [4.78, 5) is 32.7. The van der Waals surface area contributed by atoms with Gasteiger partial charge in [-0.1, -0.05) is 12.8 Å². The average Bonchev–Trinajstić information content (AvgIpc) is 3.53. The van der Waals surface area contributed by atoms with Crippen molar-refractivity contribution in [2.75, 3.05) is 11.5 Å². The smallest absolute Gasteiger partial charge is 0.294 e. The zero-order valence-corrected chi connectivity index (χ0v) is 18.1. The van der Waals surface area contributed by atoms with Crippen LogP contribution in [-0.4, -0.2) is 29.4 Å². The third kappa shape index (κ3) is 4.82. The van der Waals surface area contributed by atoms with Crippen molar-refractivity contribution in [1.82, 2.24) is 10.3 Å². The highest BCUT2D eigenvalue weighted by Crippen LogP contribution is 2.32. The number of ether oxygens (including phenoxy) is 1. The molecule has 2 aromatic heterocycles. The molecule has 32 heavy (non-hydrogen) atoms. The van der Waals surface area contributed by atoms with Gasteiger partial charge in [0.15, 0.2) is 5.76 Å². The maximum absolute atomic E-state index is 13.6. The van der Waals surface area contributed by atoms with Crippen molar-refractivity contribution in [3.8, 4) is 5.75 Å². The minimum absolute atomic E-state index is 0.118. The number of nitrogens with zero attached hydrogens (tertiary/aromatic N) is 2. The number of aromatic nitrogens is 1. The van der Waals surface area contributed by atoms with Gasteiger partial charge in [-0.25, -0.2) is 0 Å². The second kappa shape index (κ2) is 10.1. The molecule has 0 bridgehead atoms. The molecule has 3 aromatic rings. The number of amides is 2. The Labute approximate surface area is 187 Å². The van der Waals surface area contributed by atoms with Crippen molar-refractivity contribution in [1.29, 1.82) is 0 Å². The van der Waals surface area contributed by atoms with Gasteiger partial charge in [-0.15, -0.1) is 0 Å². The number of benzene rings is 1. The van der Waals surface area contributed by atoms with E-state index < -0.39 is 11.9 Å². The summed E-state index contributed by atoms with van der Waals surface area (Å²) in [6.07, 6.45) is 8.78. The molecule has 2 heterocycles. The fourth-order valence-electron chi connectivity index (χ4n) is 4.09. The lowest BCUT2D eigenvalue weighted by molar-refractivity contribution is -0.123. The van der Waals surface area contributed by atoms with E-state index in [1.807, 2.05) is 6.92 Å². The third-order valence-corrected chi connectivity index (χ3v) is 5.61. The summed E-state index contributed by atoms with van der Waals surface area (Å²) >= 11 is 0. The summed E-state index contributed by atoms with van der Waals surface area (Å²) in [7, 11) is 0. The lowest BCUT2D eigenvalue weighted by Gasteiger charge is -2.31. The van der Waals surface area contributed by atoms with E-state index in [4.69, 9.17) is 9.15 Å². The molecule has 166 valence electrons. The number of furan rings is 1. The van der Waals surface area contributed by atoms with Crippen LogP contribution in [0.15, 0.2) is 71.6 Å². The van der Waals surface area contributed by atoms with Crippen LogP contribution in [-0.2, 0) is 4.79 Å². The largest absolute Gasteiger partial charge is 0.494 e. The van der Waals surface area contributed by atoms with E-state index >= 15 is 0 Å². The summed E-state index contributed by atoms with van der Waals surface area (Å²) in [5, 5.41) is 3.15. The Hall–Kier alpha value is -3.61. The summed E-state index contributed by atoms with van der Waals surface area (Å²) in [5.41, 5.74) is 1.24. The monoisotopic (exact) mass is 433 g/mol. The van der Waals surface area contributed by atoms with Crippen LogP contribution in [0.25, 0.3) is 0 Å². The third-order valence-electron chi connectivity index (χ3n) is 5.61. The number of hydrogen-bond donors (Lipinski definition) is 1. The van der Waals surface area contributed by atoms with Crippen LogP contribution in [0.5, 0.6) is 5.75 Å². The first-order valence-electron chi connectivity index (χ1n) is 11.0. The van der Waals surface area contributed by atoms with Gasteiger partial charge < -0.3 is 14.5 Å². The summed E-state index contributed by atoms with van der Waals surface area (Å²) in [5.74, 6) is 0.226. The normalized spacial score (nSPS) is 14.7. The fourth-order valence-corrected chi connectivity index (χ4v) is 4.09. The quantitative estimate of drug-likeness (QED) is 0.565. The number of carbonyl (C=O) groups excluding carboxylic acids is 2. The first-order valence-corrected chi connectivity index (χ1v) is 11.0. The zero-order valence-electron chi connectivity index (χ0n) is 18.1. The van der Waals surface area contributed by atoms with Crippen molar-refractivity contribution in [2.24, 2.45) is 0 Å². The SMILES string of the molecule is CCOc1ccc(N(C(=O)c2ccco2)[C@@H](C(=O)NC2CCCC2)c2ccncc2)cc1. The van der Waals surface area contributed by atoms with Gasteiger partial charge in [0, 0.05) is 24.1 Å². The molecular formula is C25H27N3O4. The molecule has 1 aromatic carbocycles. The van der Waals surface area contributed by atoms with Gasteiger partial charge in [-0.3, -0.25) is 19.5 Å². The van der Waals surface area contributed by atoms with E-state index in [1.54, 1.807) is 60.9 Å². The van der Waals surface area contributed by atoms with Crippen LogP contribution in [0.4, 0.5) is 5.69 Å². The van der Waals surface area contributed by atoms with Gasteiger partial charge in [0.05, 0.1) is 12.9 Å². The molecule has 2 amide bonds. The van der Waals surface area contributed by atoms with Crippen molar-refractivity contribution in [2.45, 2.75) is 44.7 Å². The van der Waals surface area contributed by atoms with Gasteiger partial charge in [0.1, 0.15) is 11.8 Å². The molecule has 7 nitrogen and oxygen atoms in total. The highest BCUT2D eigenvalue weighted by molar-refractivity contribution is 6.08. The van der Waals surface area contributed by atoms with E-state index in [2.05, 4.69) is 10.3 Å². The topological polar surface area (TPSA) is 84.7 Å². The Morgan fingerprint density at radius 3 is 2.47 bits per heavy atom. The van der Waals surface area contributed by atoms with E-state index in [0.717, 1.165) is 25.7 Å². The van der Waals surface area contributed by atoms with Crippen molar-refractivity contribution >= 4 is 17.5 Å². The standard InChI is InChI=1S/C25H27N3O4/c1-2-31-21-11-9-20(10-12-21)28(25(30)22-8-5-17-32-22)23(18-13-15-26-16-14-18)24(29)27-19-6-3-4-7-19/h5,8-17,19,23H,2-4,6-7H2,1H3,(H,27,29)/t23-/m1/s1. The lowest BCUT2D eigenvalue weighted by Crippen LogP contribution is -2.46. The molecular weight excluding hydrogens is 406 g/mol. The molecule has 1 aliphatic rings. The van der Waals surface area contributed by atoms with Crippen LogP contribution >= 0.6 is 0 Å². The number of anilines is 1. The Balaban J connectivity index is 1.76. The van der Waals surface area contributed by atoms with E-state index in [0.29, 0.717) is 23.6 Å². The van der Waals surface area contributed by atoms with Crippen LogP contribution in [0.1, 0.15) is 54.8 Å². The Kier molecular flexibility index (Phi) is 6.84. The zero-order chi connectivity index (χ0) is 22.3. The Morgan fingerprint density at radius 1 is 1.12 bits per heavy atom. The number of hydrogen-bond acceptors (Lipinski definition) is 5. The molecule has 0 saturated heterocycles. The Bertz CT molecular complexity index is 1010. The predicted molar refractivity (Wildman–Crippen MR) is 121 cm³/mol. The van der Waals surface area contributed by atoms with Crippen molar-refractivity contribution < 1.29 is 18.7 Å². The molecule has 0 unspecified atom stereocenters. The van der Waals surface area contributed by atoms with Crippen LogP contribution < -0.4 is 15.0 Å². The number of nitrogens with one attached hydrogen (secondary N) is 1. The van der Waals surface area contributed by atoms with Gasteiger partial charge >= 0.3 is 0 Å². The first-order chi connectivity index (χ1) is 15.7. The molecule has 1 atom stereocenters. The molecule has 0 spiro atoms. The molecule has 1 fully saturated rings. The van der Waals surface area contributed by atoms with Gasteiger partial charge in [0.25, 0.3) is 5.91 Å². The molecule has 0 aliphatic heterocycles. The highest BCUT2D eigenvalue weighted by Gasteiger charge is 2.35. The minimum Gasteiger partial charge on any atom is -0.494 e. The van der Waals surface area contributed by atoms with E-state index in [9.17, 15) is 9.59 Å². The predicted octanol–water partition coefficient (Wildman–Crippen LogP) is 4.52. The summed E-state index contributed by atoms with van der Waals surface area (Å²) in [6, 6.07) is 13.2. The van der Waals surface area contributed by atoms with E-state index in [1.165, 1.54) is 11.2 Å². The van der Waals surface area contributed by atoms with Crippen LogP contribution in [0, 0.1) is 0 Å². The molecule has 0 radical (unpaired) electrons. The van der Waals surface area contributed by atoms with Gasteiger partial charge in [0.2, 0.25) is 5.91 Å².